The highest BCUT2D eigenvalue weighted by molar-refractivity contribution is 6.60. The minimum Gasteiger partial charge on any atom is -0.469 e. The molecule has 0 radical (unpaired) electrons. The van der Waals surface area contributed by atoms with Gasteiger partial charge in [0.15, 0.2) is 0 Å². The van der Waals surface area contributed by atoms with Crippen molar-refractivity contribution in [2.24, 2.45) is 5.92 Å². The molecule has 0 saturated heterocycles. The van der Waals surface area contributed by atoms with Gasteiger partial charge >= 0.3 is 5.43 Å². The van der Waals surface area contributed by atoms with E-state index in [0.717, 1.165) is 6.42 Å². The topological polar surface area (TPSA) is 37.3 Å². The predicted molar refractivity (Wildman–Crippen MR) is 42.1 cm³/mol. The zero-order valence-electron chi connectivity index (χ0n) is 5.27. The van der Waals surface area contributed by atoms with E-state index in [-0.39, 0.29) is 4.33 Å². The smallest absolute Gasteiger partial charge is 0.401 e. The zero-order valence-corrected chi connectivity index (χ0v) is 7.54. The van der Waals surface area contributed by atoms with Crippen LogP contribution in [0.1, 0.15) is 13.3 Å². The molecule has 1 atom stereocenters. The third kappa shape index (κ3) is 5.15. The number of carbonyl (C=O) groups is 1. The molecule has 1 unspecified atom stereocenters. The minimum atomic E-state index is -1.36. The summed E-state index contributed by atoms with van der Waals surface area (Å²) in [6.45, 7) is 2.04. The first-order valence-electron chi connectivity index (χ1n) is 2.62. The lowest BCUT2D eigenvalue weighted by Gasteiger charge is -1.85. The highest BCUT2D eigenvalue weighted by atomic mass is 35.5. The highest BCUT2D eigenvalue weighted by Gasteiger charge is 2.47. The molecule has 0 heterocycles. The van der Waals surface area contributed by atoms with Gasteiger partial charge in [-0.15, -0.1) is 23.2 Å². The van der Waals surface area contributed by atoms with Gasteiger partial charge in [-0.2, -0.15) is 0 Å². The van der Waals surface area contributed by atoms with E-state index >= 15 is 0 Å². The summed E-state index contributed by atoms with van der Waals surface area (Å²) in [5.74, 6) is 0.529. The SMILES string of the molecule is CC1CC1(Cl)Cl.O=C(O)Cl. The van der Waals surface area contributed by atoms with Crippen molar-refractivity contribution < 1.29 is 9.90 Å². The van der Waals surface area contributed by atoms with Crippen LogP contribution >= 0.6 is 34.8 Å². The second-order valence-corrected chi connectivity index (χ2v) is 3.98. The Bertz CT molecular complexity index is 131. The Morgan fingerprint density at radius 3 is 1.80 bits per heavy atom. The summed E-state index contributed by atoms with van der Waals surface area (Å²) >= 11 is 15.3. The van der Waals surface area contributed by atoms with Crippen LogP contribution in [0.3, 0.4) is 0 Å². The van der Waals surface area contributed by atoms with Crippen molar-refractivity contribution >= 4 is 40.2 Å². The molecule has 60 valence electrons. The van der Waals surface area contributed by atoms with E-state index in [1.165, 1.54) is 0 Å². The molecule has 2 nitrogen and oxygen atoms in total. The molecule has 0 aromatic heterocycles. The Balaban J connectivity index is 0.000000180. The summed E-state index contributed by atoms with van der Waals surface area (Å²) in [6.07, 6.45) is 0.968. The first-order chi connectivity index (χ1) is 4.36. The van der Waals surface area contributed by atoms with Crippen molar-refractivity contribution in [3.8, 4) is 0 Å². The summed E-state index contributed by atoms with van der Waals surface area (Å²) in [5, 5.41) is 7.18. The van der Waals surface area contributed by atoms with Crippen LogP contribution in [0.25, 0.3) is 0 Å². The number of rotatable bonds is 0. The third-order valence-corrected chi connectivity index (χ3v) is 2.19. The minimum absolute atomic E-state index is 0.347. The van der Waals surface area contributed by atoms with Crippen LogP contribution < -0.4 is 0 Å². The fourth-order valence-corrected chi connectivity index (χ4v) is 0.812. The van der Waals surface area contributed by atoms with Crippen molar-refractivity contribution in [2.45, 2.75) is 17.7 Å². The zero-order chi connectivity index (χ0) is 8.36. The Labute approximate surface area is 74.1 Å². The van der Waals surface area contributed by atoms with Crippen molar-refractivity contribution in [3.05, 3.63) is 0 Å². The van der Waals surface area contributed by atoms with Crippen molar-refractivity contribution in [1.82, 2.24) is 0 Å². The van der Waals surface area contributed by atoms with E-state index in [4.69, 9.17) is 33.1 Å². The summed E-state index contributed by atoms with van der Waals surface area (Å²) in [7, 11) is 0. The molecule has 1 aliphatic rings. The first-order valence-corrected chi connectivity index (χ1v) is 3.76. The van der Waals surface area contributed by atoms with Crippen LogP contribution in [0.4, 0.5) is 4.79 Å². The molecule has 0 aromatic carbocycles. The lowest BCUT2D eigenvalue weighted by Crippen LogP contribution is -1.81. The van der Waals surface area contributed by atoms with Gasteiger partial charge < -0.3 is 5.11 Å². The molecular weight excluding hydrogens is 198 g/mol. The van der Waals surface area contributed by atoms with Crippen LogP contribution in [0, 0.1) is 5.92 Å². The number of carboxylic acid groups (broad SMARTS) is 1. The van der Waals surface area contributed by atoms with Gasteiger partial charge in [0.1, 0.15) is 4.33 Å². The first kappa shape index (κ1) is 10.3. The van der Waals surface area contributed by atoms with Gasteiger partial charge in [0.2, 0.25) is 0 Å². The molecule has 0 aromatic rings. The van der Waals surface area contributed by atoms with E-state index in [2.05, 4.69) is 11.6 Å². The largest absolute Gasteiger partial charge is 0.469 e. The van der Waals surface area contributed by atoms with Crippen LogP contribution in [0.2, 0.25) is 0 Å². The summed E-state index contributed by atoms with van der Waals surface area (Å²) < 4.78 is -0.347. The van der Waals surface area contributed by atoms with E-state index in [9.17, 15) is 0 Å². The average molecular weight is 205 g/mol. The molecule has 0 bridgehead atoms. The molecule has 1 aliphatic carbocycles. The second-order valence-electron chi connectivity index (χ2n) is 2.12. The van der Waals surface area contributed by atoms with E-state index < -0.39 is 5.43 Å². The normalized spacial score (nSPS) is 26.2. The van der Waals surface area contributed by atoms with Crippen LogP contribution in [-0.4, -0.2) is 14.9 Å². The molecule has 1 fully saturated rings. The van der Waals surface area contributed by atoms with Gasteiger partial charge in [-0.3, -0.25) is 0 Å². The van der Waals surface area contributed by atoms with Gasteiger partial charge in [-0.05, 0) is 12.3 Å². The number of alkyl halides is 2. The average Bonchev–Trinajstić information content (AvgIpc) is 2.08. The van der Waals surface area contributed by atoms with E-state index in [1.807, 2.05) is 6.92 Å². The fraction of sp³-hybridized carbons (Fsp3) is 0.800. The van der Waals surface area contributed by atoms with Crippen molar-refractivity contribution in [3.63, 3.8) is 0 Å². The number of halogens is 3. The molecule has 1 N–H and O–H groups in total. The number of hydrogen-bond acceptors (Lipinski definition) is 1. The quantitative estimate of drug-likeness (QED) is 0.487. The lowest BCUT2D eigenvalue weighted by atomic mass is 10.5. The molecule has 0 aliphatic heterocycles. The van der Waals surface area contributed by atoms with Gasteiger partial charge in [0.05, 0.1) is 0 Å². The molecule has 10 heavy (non-hydrogen) atoms. The van der Waals surface area contributed by atoms with E-state index in [1.54, 1.807) is 0 Å². The Kier molecular flexibility index (Phi) is 3.77. The molecule has 0 amide bonds. The summed E-state index contributed by atoms with van der Waals surface area (Å²) in [4.78, 5) is 8.77. The van der Waals surface area contributed by atoms with Crippen molar-refractivity contribution in [1.29, 1.82) is 0 Å². The molecule has 1 rings (SSSR count). The standard InChI is InChI=1S/C4H6Cl2.CHClO2/c1-3-2-4(3,5)6;2-1(3)4/h3H,2H2,1H3;(H,3,4). The lowest BCUT2D eigenvalue weighted by molar-refractivity contribution is 0.220. The molecule has 0 spiro atoms. The summed E-state index contributed by atoms with van der Waals surface area (Å²) in [5.41, 5.74) is -1.36. The van der Waals surface area contributed by atoms with Crippen LogP contribution in [-0.2, 0) is 0 Å². The Morgan fingerprint density at radius 2 is 1.80 bits per heavy atom. The van der Waals surface area contributed by atoms with Crippen LogP contribution in [0.15, 0.2) is 0 Å². The van der Waals surface area contributed by atoms with Gasteiger partial charge in [-0.1, -0.05) is 6.92 Å². The molecule has 5 heteroatoms. The maximum atomic E-state index is 8.77. The third-order valence-electron chi connectivity index (χ3n) is 1.14. The van der Waals surface area contributed by atoms with Gasteiger partial charge in [0, 0.05) is 11.6 Å². The maximum Gasteiger partial charge on any atom is 0.401 e. The Morgan fingerprint density at radius 1 is 1.70 bits per heavy atom. The second kappa shape index (κ2) is 3.65. The molecule has 1 saturated carbocycles. The summed E-state index contributed by atoms with van der Waals surface area (Å²) in [6, 6.07) is 0. The van der Waals surface area contributed by atoms with Gasteiger partial charge in [0.25, 0.3) is 0 Å². The highest BCUT2D eigenvalue weighted by Crippen LogP contribution is 2.52. The van der Waals surface area contributed by atoms with E-state index in [0.29, 0.717) is 5.92 Å². The van der Waals surface area contributed by atoms with Gasteiger partial charge in [-0.25, -0.2) is 4.79 Å². The number of hydrogen-bond donors (Lipinski definition) is 1. The maximum absolute atomic E-state index is 8.77. The Hall–Kier alpha value is 0.340. The fourth-order valence-electron chi connectivity index (χ4n) is 0.349. The van der Waals surface area contributed by atoms with Crippen molar-refractivity contribution in [2.75, 3.05) is 0 Å². The predicted octanol–water partition coefficient (Wildman–Crippen LogP) is 3.10. The van der Waals surface area contributed by atoms with Crippen LogP contribution in [0.5, 0.6) is 0 Å². The monoisotopic (exact) mass is 204 g/mol. The molecular formula is C5H7Cl3O2.